The number of aromatic carboxylic acids is 1. The first kappa shape index (κ1) is 9.28. The Morgan fingerprint density at radius 1 is 1.75 bits per heavy atom. The smallest absolute Gasteiger partial charge is 0.340 e. The lowest BCUT2D eigenvalue weighted by molar-refractivity contribution is 0.0691. The van der Waals surface area contributed by atoms with Gasteiger partial charge in [0.2, 0.25) is 0 Å². The average molecular weight is 205 g/mol. The van der Waals surface area contributed by atoms with E-state index in [4.69, 9.17) is 16.7 Å². The Morgan fingerprint density at radius 2 is 2.42 bits per heavy atom. The summed E-state index contributed by atoms with van der Waals surface area (Å²) in [7, 11) is 0. The second-order valence-corrected chi connectivity index (χ2v) is 2.65. The Morgan fingerprint density at radius 3 is 2.83 bits per heavy atom. The molecule has 0 radical (unpaired) electrons. The normalized spacial score (nSPS) is 9.83. The van der Waals surface area contributed by atoms with Gasteiger partial charge in [-0.15, -0.1) is 24.2 Å². The molecule has 0 saturated carbocycles. The van der Waals surface area contributed by atoms with Crippen molar-refractivity contribution < 1.29 is 9.90 Å². The van der Waals surface area contributed by atoms with Gasteiger partial charge in [-0.05, 0) is 0 Å². The molecule has 0 aliphatic rings. The van der Waals surface area contributed by atoms with Crippen LogP contribution in [0.5, 0.6) is 0 Å². The van der Waals surface area contributed by atoms with E-state index in [1.54, 1.807) is 0 Å². The molecule has 0 aliphatic heterocycles. The molecule has 0 aliphatic carbocycles. The predicted molar refractivity (Wildman–Crippen MR) is 45.8 cm³/mol. The molecule has 0 aromatic carbocycles. The van der Waals surface area contributed by atoms with Crippen molar-refractivity contribution in [3.8, 4) is 0 Å². The quantitative estimate of drug-likeness (QED) is 0.432. The number of hydrogen-bond donors (Lipinski definition) is 2. The number of alkyl halides is 1. The van der Waals surface area contributed by atoms with Gasteiger partial charge in [0.25, 0.3) is 0 Å². The molecule has 4 nitrogen and oxygen atoms in total. The van der Waals surface area contributed by atoms with Crippen molar-refractivity contribution in [2.45, 2.75) is 10.9 Å². The zero-order valence-electron chi connectivity index (χ0n) is 5.86. The number of thiol groups is 1. The number of halogens is 1. The summed E-state index contributed by atoms with van der Waals surface area (Å²) >= 11 is 9.29. The van der Waals surface area contributed by atoms with Crippen LogP contribution in [0.3, 0.4) is 0 Å². The second kappa shape index (κ2) is 3.73. The molecule has 0 saturated heterocycles. The zero-order chi connectivity index (χ0) is 9.14. The van der Waals surface area contributed by atoms with Crippen LogP contribution in [-0.2, 0) is 5.88 Å². The van der Waals surface area contributed by atoms with Crippen molar-refractivity contribution in [1.29, 1.82) is 0 Å². The van der Waals surface area contributed by atoms with Gasteiger partial charge in [0.15, 0.2) is 0 Å². The molecule has 1 rings (SSSR count). The van der Waals surface area contributed by atoms with Crippen LogP contribution in [0.4, 0.5) is 0 Å². The van der Waals surface area contributed by atoms with Crippen LogP contribution < -0.4 is 0 Å². The van der Waals surface area contributed by atoms with Gasteiger partial charge in [-0.25, -0.2) is 14.8 Å². The first-order valence-corrected chi connectivity index (χ1v) is 3.97. The molecule has 0 bridgehead atoms. The summed E-state index contributed by atoms with van der Waals surface area (Å²) in [6, 6.07) is 0. The van der Waals surface area contributed by atoms with Crippen LogP contribution in [0.25, 0.3) is 0 Å². The Labute approximate surface area is 79.0 Å². The summed E-state index contributed by atoms with van der Waals surface area (Å²) in [5, 5.41) is 8.70. The molecule has 1 aromatic heterocycles. The van der Waals surface area contributed by atoms with E-state index in [0.29, 0.717) is 5.82 Å². The number of carboxylic acids is 1. The lowest BCUT2D eigenvalue weighted by Crippen LogP contribution is -2.03. The number of aromatic nitrogens is 2. The van der Waals surface area contributed by atoms with Gasteiger partial charge in [0.05, 0.1) is 5.88 Å². The molecule has 64 valence electrons. The van der Waals surface area contributed by atoms with Crippen molar-refractivity contribution >= 4 is 30.2 Å². The van der Waals surface area contributed by atoms with Gasteiger partial charge < -0.3 is 5.11 Å². The topological polar surface area (TPSA) is 63.1 Å². The highest BCUT2D eigenvalue weighted by Gasteiger charge is 2.09. The summed E-state index contributed by atoms with van der Waals surface area (Å²) in [5.41, 5.74) is -0.0211. The third-order valence-corrected chi connectivity index (χ3v) is 1.75. The van der Waals surface area contributed by atoms with Crippen LogP contribution in [0.2, 0.25) is 0 Å². The number of nitrogens with zero attached hydrogens (tertiary/aromatic N) is 2. The molecule has 1 heterocycles. The predicted octanol–water partition coefficient (Wildman–Crippen LogP) is 1.20. The molecule has 12 heavy (non-hydrogen) atoms. The molecule has 0 atom stereocenters. The maximum atomic E-state index is 10.5. The van der Waals surface area contributed by atoms with E-state index < -0.39 is 5.97 Å². The summed E-state index contributed by atoms with van der Waals surface area (Å²) in [6.07, 6.45) is 1.19. The minimum Gasteiger partial charge on any atom is -0.478 e. The van der Waals surface area contributed by atoms with E-state index in [0.717, 1.165) is 0 Å². The average Bonchev–Trinajstić information content (AvgIpc) is 2.03. The number of rotatable bonds is 2. The third kappa shape index (κ3) is 1.86. The first-order chi connectivity index (χ1) is 5.65. The fourth-order valence-electron chi connectivity index (χ4n) is 0.623. The van der Waals surface area contributed by atoms with Gasteiger partial charge in [0.1, 0.15) is 16.4 Å². The standard InChI is InChI=1S/C6H5ClN2O2S/c7-1-4-8-2-3(6(10)11)5(12)9-4/h2H,1H2,(H,10,11)(H,8,9,12). The van der Waals surface area contributed by atoms with Gasteiger partial charge in [-0.2, -0.15) is 0 Å². The van der Waals surface area contributed by atoms with Crippen molar-refractivity contribution in [2.24, 2.45) is 0 Å². The highest BCUT2D eigenvalue weighted by atomic mass is 35.5. The van der Waals surface area contributed by atoms with E-state index in [9.17, 15) is 4.79 Å². The van der Waals surface area contributed by atoms with E-state index in [2.05, 4.69) is 22.6 Å². The van der Waals surface area contributed by atoms with E-state index in [-0.39, 0.29) is 16.5 Å². The van der Waals surface area contributed by atoms with Crippen molar-refractivity contribution in [3.05, 3.63) is 17.6 Å². The molecular weight excluding hydrogens is 200 g/mol. The molecule has 6 heteroatoms. The molecule has 0 amide bonds. The maximum absolute atomic E-state index is 10.5. The minimum absolute atomic E-state index is 0.0211. The lowest BCUT2D eigenvalue weighted by Gasteiger charge is -1.98. The van der Waals surface area contributed by atoms with Gasteiger partial charge >= 0.3 is 5.97 Å². The fourth-order valence-corrected chi connectivity index (χ4v) is 1.02. The SMILES string of the molecule is O=C(O)c1cnc(CCl)nc1S. The minimum atomic E-state index is -1.10. The zero-order valence-corrected chi connectivity index (χ0v) is 7.51. The Bertz CT molecular complexity index is 318. The highest BCUT2D eigenvalue weighted by Crippen LogP contribution is 2.10. The fraction of sp³-hybridized carbons (Fsp3) is 0.167. The molecule has 0 fully saturated rings. The molecule has 0 spiro atoms. The Hall–Kier alpha value is -0.810. The monoisotopic (exact) mass is 204 g/mol. The summed E-state index contributed by atoms with van der Waals surface area (Å²) in [4.78, 5) is 17.9. The van der Waals surface area contributed by atoms with Crippen LogP contribution in [0.15, 0.2) is 11.2 Å². The van der Waals surface area contributed by atoms with Crippen LogP contribution in [-0.4, -0.2) is 21.0 Å². The summed E-state index contributed by atoms with van der Waals surface area (Å²) in [6.45, 7) is 0. The maximum Gasteiger partial charge on any atom is 0.340 e. The summed E-state index contributed by atoms with van der Waals surface area (Å²) < 4.78 is 0. The van der Waals surface area contributed by atoms with E-state index in [1.165, 1.54) is 6.20 Å². The molecule has 1 aromatic rings. The van der Waals surface area contributed by atoms with Crippen molar-refractivity contribution in [3.63, 3.8) is 0 Å². The summed E-state index contributed by atoms with van der Waals surface area (Å²) in [5.74, 6) is -0.583. The van der Waals surface area contributed by atoms with Crippen LogP contribution in [0, 0.1) is 0 Å². The van der Waals surface area contributed by atoms with E-state index >= 15 is 0 Å². The number of carboxylic acid groups (broad SMARTS) is 1. The largest absolute Gasteiger partial charge is 0.478 e. The molecular formula is C6H5ClN2O2S. The second-order valence-electron chi connectivity index (χ2n) is 1.96. The lowest BCUT2D eigenvalue weighted by atomic mass is 10.3. The first-order valence-electron chi connectivity index (χ1n) is 2.99. The number of hydrogen-bond acceptors (Lipinski definition) is 4. The van der Waals surface area contributed by atoms with Crippen molar-refractivity contribution in [1.82, 2.24) is 9.97 Å². The van der Waals surface area contributed by atoms with E-state index in [1.807, 2.05) is 0 Å². The van der Waals surface area contributed by atoms with Gasteiger partial charge in [-0.3, -0.25) is 0 Å². The van der Waals surface area contributed by atoms with Crippen LogP contribution in [0.1, 0.15) is 16.2 Å². The third-order valence-electron chi connectivity index (χ3n) is 1.17. The number of carbonyl (C=O) groups is 1. The van der Waals surface area contributed by atoms with Crippen molar-refractivity contribution in [2.75, 3.05) is 0 Å². The van der Waals surface area contributed by atoms with Crippen LogP contribution >= 0.6 is 24.2 Å². The molecule has 0 unspecified atom stereocenters. The Balaban J connectivity index is 3.12. The molecule has 1 N–H and O–H groups in total. The Kier molecular flexibility index (Phi) is 2.88. The van der Waals surface area contributed by atoms with Gasteiger partial charge in [0, 0.05) is 6.20 Å². The van der Waals surface area contributed by atoms with Gasteiger partial charge in [-0.1, -0.05) is 0 Å². The highest BCUT2D eigenvalue weighted by molar-refractivity contribution is 7.80.